The fourth-order valence-corrected chi connectivity index (χ4v) is 2.90. The Bertz CT molecular complexity index is 685. The highest BCUT2D eigenvalue weighted by Gasteiger charge is 2.16. The van der Waals surface area contributed by atoms with Crippen molar-refractivity contribution >= 4 is 0 Å². The largest absolute Gasteiger partial charge is 0.338 e. The topological polar surface area (TPSA) is 4.93 Å². The Kier molecular flexibility index (Phi) is 4.06. The average Bonchev–Trinajstić information content (AvgIpc) is 2.96. The second-order valence-electron chi connectivity index (χ2n) is 5.47. The third-order valence-corrected chi connectivity index (χ3v) is 4.00. The molecule has 1 fully saturated rings. The van der Waals surface area contributed by atoms with E-state index in [9.17, 15) is 8.78 Å². The fraction of sp³-hybridized carbons (Fsp3) is 0.333. The summed E-state index contributed by atoms with van der Waals surface area (Å²) in [6, 6.07) is 7.89. The van der Waals surface area contributed by atoms with Gasteiger partial charge in [0.25, 0.3) is 0 Å². The molecule has 21 heavy (non-hydrogen) atoms. The predicted octanol–water partition coefficient (Wildman–Crippen LogP) is 4.67. The summed E-state index contributed by atoms with van der Waals surface area (Å²) in [6.07, 6.45) is 8.20. The van der Waals surface area contributed by atoms with Crippen LogP contribution < -0.4 is 0 Å². The lowest BCUT2D eigenvalue weighted by Gasteiger charge is -2.24. The van der Waals surface area contributed by atoms with Crippen LogP contribution in [0.4, 0.5) is 8.78 Å². The summed E-state index contributed by atoms with van der Waals surface area (Å²) < 4.78 is 28.6. The molecule has 0 saturated heterocycles. The van der Waals surface area contributed by atoms with Gasteiger partial charge in [0.15, 0.2) is 0 Å². The monoisotopic (exact) mass is 285 g/mol. The van der Waals surface area contributed by atoms with Gasteiger partial charge in [0, 0.05) is 18.3 Å². The SMILES string of the molecule is Fc1ccc(C#Cc2cccn2C2CCCCC2)c(F)c1. The number of halogens is 2. The van der Waals surface area contributed by atoms with Crippen molar-refractivity contribution in [2.24, 2.45) is 0 Å². The van der Waals surface area contributed by atoms with Gasteiger partial charge in [0.1, 0.15) is 11.6 Å². The number of hydrogen-bond donors (Lipinski definition) is 0. The third kappa shape index (κ3) is 3.16. The van der Waals surface area contributed by atoms with E-state index in [0.29, 0.717) is 6.04 Å². The second kappa shape index (κ2) is 6.13. The van der Waals surface area contributed by atoms with Gasteiger partial charge in [-0.15, -0.1) is 0 Å². The van der Waals surface area contributed by atoms with Crippen LogP contribution in [-0.4, -0.2) is 4.57 Å². The summed E-state index contributed by atoms with van der Waals surface area (Å²) in [5.41, 5.74) is 1.12. The number of hydrogen-bond acceptors (Lipinski definition) is 0. The number of rotatable bonds is 1. The van der Waals surface area contributed by atoms with Crippen molar-refractivity contribution in [3.05, 3.63) is 59.4 Å². The second-order valence-corrected chi connectivity index (χ2v) is 5.47. The molecule has 0 atom stereocenters. The predicted molar refractivity (Wildman–Crippen MR) is 78.9 cm³/mol. The Balaban J connectivity index is 1.86. The fourth-order valence-electron chi connectivity index (χ4n) is 2.90. The van der Waals surface area contributed by atoms with E-state index in [1.165, 1.54) is 44.2 Å². The molecule has 1 aromatic carbocycles. The van der Waals surface area contributed by atoms with Crippen molar-refractivity contribution in [1.82, 2.24) is 4.57 Å². The molecule has 1 aliphatic rings. The zero-order valence-corrected chi connectivity index (χ0v) is 11.8. The van der Waals surface area contributed by atoms with Crippen LogP contribution in [-0.2, 0) is 0 Å². The minimum atomic E-state index is -0.613. The maximum atomic E-state index is 13.6. The molecule has 2 aromatic rings. The van der Waals surface area contributed by atoms with Crippen molar-refractivity contribution < 1.29 is 8.78 Å². The van der Waals surface area contributed by atoms with Crippen LogP contribution in [0.1, 0.15) is 49.4 Å². The van der Waals surface area contributed by atoms with Crippen molar-refractivity contribution in [2.45, 2.75) is 38.1 Å². The molecule has 0 bridgehead atoms. The van der Waals surface area contributed by atoms with Crippen LogP contribution in [0.5, 0.6) is 0 Å². The van der Waals surface area contributed by atoms with Gasteiger partial charge in [-0.3, -0.25) is 0 Å². The lowest BCUT2D eigenvalue weighted by Crippen LogP contribution is -2.13. The molecular formula is C18H17F2N. The summed E-state index contributed by atoms with van der Waals surface area (Å²) in [5.74, 6) is 4.63. The van der Waals surface area contributed by atoms with Crippen LogP contribution in [0.15, 0.2) is 36.5 Å². The van der Waals surface area contributed by atoms with Gasteiger partial charge in [-0.05, 0) is 43.0 Å². The minimum absolute atomic E-state index is 0.229. The Hall–Kier alpha value is -2.08. The molecule has 1 saturated carbocycles. The lowest BCUT2D eigenvalue weighted by molar-refractivity contribution is 0.352. The normalized spacial score (nSPS) is 15.5. The van der Waals surface area contributed by atoms with Crippen LogP contribution in [0, 0.1) is 23.5 Å². The Morgan fingerprint density at radius 1 is 1.00 bits per heavy atom. The number of aromatic nitrogens is 1. The summed E-state index contributed by atoms with van der Waals surface area (Å²) in [5, 5.41) is 0. The van der Waals surface area contributed by atoms with Crippen molar-refractivity contribution in [2.75, 3.05) is 0 Å². The van der Waals surface area contributed by atoms with E-state index in [-0.39, 0.29) is 5.56 Å². The lowest BCUT2D eigenvalue weighted by atomic mass is 9.95. The molecule has 0 spiro atoms. The van der Waals surface area contributed by atoms with E-state index in [2.05, 4.69) is 16.4 Å². The first-order valence-electron chi connectivity index (χ1n) is 7.38. The van der Waals surface area contributed by atoms with Gasteiger partial charge in [0.2, 0.25) is 0 Å². The summed E-state index contributed by atoms with van der Waals surface area (Å²) >= 11 is 0. The van der Waals surface area contributed by atoms with Gasteiger partial charge in [0.05, 0.1) is 11.3 Å². The quantitative estimate of drug-likeness (QED) is 0.671. The zero-order chi connectivity index (χ0) is 14.7. The highest BCUT2D eigenvalue weighted by molar-refractivity contribution is 5.41. The summed E-state index contributed by atoms with van der Waals surface area (Å²) in [6.45, 7) is 0. The molecule has 108 valence electrons. The smallest absolute Gasteiger partial charge is 0.141 e. The summed E-state index contributed by atoms with van der Waals surface area (Å²) in [7, 11) is 0. The van der Waals surface area contributed by atoms with Crippen molar-refractivity contribution in [3.8, 4) is 11.8 Å². The Morgan fingerprint density at radius 2 is 1.81 bits per heavy atom. The Morgan fingerprint density at radius 3 is 2.57 bits per heavy atom. The van der Waals surface area contributed by atoms with Crippen LogP contribution in [0.25, 0.3) is 0 Å². The van der Waals surface area contributed by atoms with Crippen molar-refractivity contribution in [3.63, 3.8) is 0 Å². The highest BCUT2D eigenvalue weighted by atomic mass is 19.1. The molecule has 0 amide bonds. The molecule has 0 radical (unpaired) electrons. The van der Waals surface area contributed by atoms with Gasteiger partial charge in [-0.2, -0.15) is 0 Å². The average molecular weight is 285 g/mol. The molecule has 3 rings (SSSR count). The Labute approximate surface area is 123 Å². The van der Waals surface area contributed by atoms with E-state index >= 15 is 0 Å². The first kappa shape index (κ1) is 13.9. The first-order chi connectivity index (χ1) is 10.2. The maximum absolute atomic E-state index is 13.6. The third-order valence-electron chi connectivity index (χ3n) is 4.00. The molecule has 0 unspecified atom stereocenters. The van der Waals surface area contributed by atoms with E-state index in [4.69, 9.17) is 0 Å². The number of nitrogens with zero attached hydrogens (tertiary/aromatic N) is 1. The standard InChI is InChI=1S/C18H17F2N/c19-15-10-8-14(18(20)13-15)9-11-17-7-4-12-21(17)16-5-2-1-3-6-16/h4,7-8,10,12-13,16H,1-3,5-6H2. The van der Waals surface area contributed by atoms with Gasteiger partial charge < -0.3 is 4.57 Å². The number of benzene rings is 1. The molecular weight excluding hydrogens is 268 g/mol. The molecule has 1 aliphatic carbocycles. The highest BCUT2D eigenvalue weighted by Crippen LogP contribution is 2.29. The summed E-state index contributed by atoms with van der Waals surface area (Å²) in [4.78, 5) is 0. The van der Waals surface area contributed by atoms with Crippen LogP contribution in [0.2, 0.25) is 0 Å². The van der Waals surface area contributed by atoms with Crippen LogP contribution >= 0.6 is 0 Å². The van der Waals surface area contributed by atoms with Gasteiger partial charge in [-0.25, -0.2) is 8.78 Å². The molecule has 3 heteroatoms. The van der Waals surface area contributed by atoms with E-state index in [0.717, 1.165) is 11.8 Å². The van der Waals surface area contributed by atoms with E-state index in [1.807, 2.05) is 18.3 Å². The van der Waals surface area contributed by atoms with Crippen molar-refractivity contribution in [1.29, 1.82) is 0 Å². The van der Waals surface area contributed by atoms with Crippen LogP contribution in [0.3, 0.4) is 0 Å². The molecule has 1 heterocycles. The molecule has 0 N–H and O–H groups in total. The van der Waals surface area contributed by atoms with Gasteiger partial charge >= 0.3 is 0 Å². The molecule has 1 nitrogen and oxygen atoms in total. The first-order valence-corrected chi connectivity index (χ1v) is 7.38. The zero-order valence-electron chi connectivity index (χ0n) is 11.8. The maximum Gasteiger partial charge on any atom is 0.141 e. The molecule has 0 aliphatic heterocycles. The van der Waals surface area contributed by atoms with Gasteiger partial charge in [-0.1, -0.05) is 25.2 Å². The molecule has 1 aromatic heterocycles. The van der Waals surface area contributed by atoms with E-state index < -0.39 is 11.6 Å². The van der Waals surface area contributed by atoms with E-state index in [1.54, 1.807) is 0 Å². The minimum Gasteiger partial charge on any atom is -0.338 e.